The Morgan fingerprint density at radius 2 is 2.21 bits per heavy atom. The van der Waals surface area contributed by atoms with Gasteiger partial charge in [-0.3, -0.25) is 4.79 Å². The summed E-state index contributed by atoms with van der Waals surface area (Å²) in [6.07, 6.45) is 1.63. The number of aromatic nitrogens is 3. The molecule has 6 heteroatoms. The molecule has 0 unspecified atom stereocenters. The van der Waals surface area contributed by atoms with Crippen molar-refractivity contribution in [1.29, 1.82) is 0 Å². The van der Waals surface area contributed by atoms with E-state index < -0.39 is 0 Å². The molecule has 19 heavy (non-hydrogen) atoms. The fraction of sp³-hybridized carbons (Fsp3) is 0.154. The summed E-state index contributed by atoms with van der Waals surface area (Å²) < 4.78 is 1.60. The SMILES string of the molecule is Cc1ccc(C)c(NC(=O)c2cn3ncsc3n2)c1. The lowest BCUT2D eigenvalue weighted by Gasteiger charge is -2.07. The van der Waals surface area contributed by atoms with Gasteiger partial charge in [0, 0.05) is 5.69 Å². The Kier molecular flexibility index (Phi) is 2.79. The lowest BCUT2D eigenvalue weighted by molar-refractivity contribution is 0.102. The third kappa shape index (κ3) is 2.22. The van der Waals surface area contributed by atoms with Gasteiger partial charge in [-0.2, -0.15) is 5.10 Å². The van der Waals surface area contributed by atoms with Crippen LogP contribution in [-0.2, 0) is 0 Å². The maximum absolute atomic E-state index is 12.1. The number of nitrogens with zero attached hydrogens (tertiary/aromatic N) is 3. The molecule has 1 N–H and O–H groups in total. The van der Waals surface area contributed by atoms with Gasteiger partial charge in [0.15, 0.2) is 0 Å². The lowest BCUT2D eigenvalue weighted by Crippen LogP contribution is -2.13. The molecule has 0 radical (unpaired) electrons. The van der Waals surface area contributed by atoms with Crippen molar-refractivity contribution >= 4 is 27.9 Å². The van der Waals surface area contributed by atoms with Crippen LogP contribution in [-0.4, -0.2) is 20.5 Å². The first-order valence-electron chi connectivity index (χ1n) is 5.81. The monoisotopic (exact) mass is 272 g/mol. The highest BCUT2D eigenvalue weighted by atomic mass is 32.1. The number of amides is 1. The molecule has 0 saturated heterocycles. The fourth-order valence-corrected chi connectivity index (χ4v) is 2.41. The van der Waals surface area contributed by atoms with E-state index in [0.29, 0.717) is 10.7 Å². The van der Waals surface area contributed by atoms with Crippen LogP contribution in [0, 0.1) is 13.8 Å². The Morgan fingerprint density at radius 3 is 3.00 bits per heavy atom. The number of fused-ring (bicyclic) bond motifs is 1. The van der Waals surface area contributed by atoms with E-state index in [9.17, 15) is 4.79 Å². The number of carbonyl (C=O) groups is 1. The van der Waals surface area contributed by atoms with Crippen molar-refractivity contribution in [2.24, 2.45) is 0 Å². The summed E-state index contributed by atoms with van der Waals surface area (Å²) >= 11 is 1.40. The Balaban J connectivity index is 1.88. The van der Waals surface area contributed by atoms with Crippen LogP contribution in [0.15, 0.2) is 29.9 Å². The normalized spacial score (nSPS) is 10.8. The minimum atomic E-state index is -0.216. The maximum Gasteiger partial charge on any atom is 0.275 e. The fourth-order valence-electron chi connectivity index (χ4n) is 1.81. The zero-order valence-corrected chi connectivity index (χ0v) is 11.4. The van der Waals surface area contributed by atoms with Crippen LogP contribution < -0.4 is 5.32 Å². The number of hydrogen-bond acceptors (Lipinski definition) is 4. The molecule has 2 aromatic heterocycles. The van der Waals surface area contributed by atoms with Crippen LogP contribution in [0.2, 0.25) is 0 Å². The first-order valence-corrected chi connectivity index (χ1v) is 6.69. The second kappa shape index (κ2) is 4.47. The molecule has 0 aliphatic rings. The van der Waals surface area contributed by atoms with Gasteiger partial charge in [-0.05, 0) is 31.0 Å². The number of benzene rings is 1. The number of carbonyl (C=O) groups excluding carboxylic acids is 1. The highest BCUT2D eigenvalue weighted by molar-refractivity contribution is 7.14. The molecule has 0 bridgehead atoms. The van der Waals surface area contributed by atoms with Crippen LogP contribution in [0.1, 0.15) is 21.6 Å². The summed E-state index contributed by atoms with van der Waals surface area (Å²) in [6.45, 7) is 3.95. The van der Waals surface area contributed by atoms with E-state index in [1.165, 1.54) is 11.3 Å². The zero-order chi connectivity index (χ0) is 13.4. The predicted molar refractivity (Wildman–Crippen MR) is 74.7 cm³/mol. The summed E-state index contributed by atoms with van der Waals surface area (Å²) in [7, 11) is 0. The third-order valence-electron chi connectivity index (χ3n) is 2.86. The van der Waals surface area contributed by atoms with Gasteiger partial charge in [-0.1, -0.05) is 23.5 Å². The molecule has 1 aromatic carbocycles. The molecule has 0 aliphatic heterocycles. The van der Waals surface area contributed by atoms with Gasteiger partial charge >= 0.3 is 0 Å². The molecule has 96 valence electrons. The molecule has 3 rings (SSSR count). The van der Waals surface area contributed by atoms with E-state index in [2.05, 4.69) is 15.4 Å². The molecular weight excluding hydrogens is 260 g/mol. The summed E-state index contributed by atoms with van der Waals surface area (Å²) in [5.74, 6) is -0.216. The van der Waals surface area contributed by atoms with Crippen molar-refractivity contribution in [3.05, 3.63) is 46.7 Å². The molecule has 0 aliphatic carbocycles. The topological polar surface area (TPSA) is 59.3 Å². The number of anilines is 1. The van der Waals surface area contributed by atoms with Gasteiger partial charge in [-0.15, -0.1) is 0 Å². The quantitative estimate of drug-likeness (QED) is 0.780. The minimum absolute atomic E-state index is 0.216. The van der Waals surface area contributed by atoms with Gasteiger partial charge in [-0.25, -0.2) is 9.50 Å². The predicted octanol–water partition coefficient (Wildman–Crippen LogP) is 2.66. The average molecular weight is 272 g/mol. The van der Waals surface area contributed by atoms with Crippen LogP contribution in [0.4, 0.5) is 5.69 Å². The molecule has 1 amide bonds. The Morgan fingerprint density at radius 1 is 1.37 bits per heavy atom. The van der Waals surface area contributed by atoms with Crippen molar-refractivity contribution in [2.45, 2.75) is 13.8 Å². The van der Waals surface area contributed by atoms with E-state index in [-0.39, 0.29) is 5.91 Å². The number of aryl methyl sites for hydroxylation is 2. The standard InChI is InChI=1S/C13H12N4OS/c1-8-3-4-9(2)10(5-8)15-12(18)11-6-17-13(16-11)19-7-14-17/h3-7H,1-2H3,(H,15,18). The molecule has 0 saturated carbocycles. The summed E-state index contributed by atoms with van der Waals surface area (Å²) in [6, 6.07) is 5.95. The molecule has 0 fully saturated rings. The molecule has 5 nitrogen and oxygen atoms in total. The van der Waals surface area contributed by atoms with E-state index in [0.717, 1.165) is 16.8 Å². The second-order valence-corrected chi connectivity index (χ2v) is 5.18. The molecule has 0 atom stereocenters. The Labute approximate surface area is 113 Å². The van der Waals surface area contributed by atoms with E-state index in [4.69, 9.17) is 0 Å². The van der Waals surface area contributed by atoms with Crippen molar-refractivity contribution in [2.75, 3.05) is 5.32 Å². The van der Waals surface area contributed by atoms with Crippen LogP contribution >= 0.6 is 11.3 Å². The average Bonchev–Trinajstić information content (AvgIpc) is 2.94. The van der Waals surface area contributed by atoms with Gasteiger partial charge in [0.2, 0.25) is 4.96 Å². The van der Waals surface area contributed by atoms with Crippen molar-refractivity contribution < 1.29 is 4.79 Å². The lowest BCUT2D eigenvalue weighted by atomic mass is 10.1. The van der Waals surface area contributed by atoms with E-state index in [1.54, 1.807) is 16.2 Å². The van der Waals surface area contributed by atoms with Crippen LogP contribution in [0.5, 0.6) is 0 Å². The smallest absolute Gasteiger partial charge is 0.275 e. The summed E-state index contributed by atoms with van der Waals surface area (Å²) in [5.41, 5.74) is 5.01. The zero-order valence-electron chi connectivity index (χ0n) is 10.5. The third-order valence-corrected chi connectivity index (χ3v) is 3.55. The van der Waals surface area contributed by atoms with Crippen molar-refractivity contribution in [3.63, 3.8) is 0 Å². The number of hydrogen-bond donors (Lipinski definition) is 1. The number of imidazole rings is 1. The number of nitrogens with one attached hydrogen (secondary N) is 1. The summed E-state index contributed by atoms with van der Waals surface area (Å²) in [5, 5.41) is 6.93. The molecule has 0 spiro atoms. The Bertz CT molecular complexity index is 730. The maximum atomic E-state index is 12.1. The van der Waals surface area contributed by atoms with Gasteiger partial charge in [0.05, 0.1) is 6.20 Å². The Hall–Kier alpha value is -2.21. The summed E-state index contributed by atoms with van der Waals surface area (Å²) in [4.78, 5) is 17.1. The largest absolute Gasteiger partial charge is 0.320 e. The van der Waals surface area contributed by atoms with E-state index in [1.807, 2.05) is 32.0 Å². The van der Waals surface area contributed by atoms with E-state index >= 15 is 0 Å². The van der Waals surface area contributed by atoms with Crippen LogP contribution in [0.3, 0.4) is 0 Å². The second-order valence-electron chi connectivity index (χ2n) is 4.36. The van der Waals surface area contributed by atoms with Gasteiger partial charge in [0.25, 0.3) is 5.91 Å². The first-order chi connectivity index (χ1) is 9.13. The van der Waals surface area contributed by atoms with Gasteiger partial charge in [0.1, 0.15) is 11.2 Å². The number of rotatable bonds is 2. The first kappa shape index (κ1) is 11.9. The van der Waals surface area contributed by atoms with Crippen molar-refractivity contribution in [3.8, 4) is 0 Å². The highest BCUT2D eigenvalue weighted by Gasteiger charge is 2.13. The van der Waals surface area contributed by atoms with Crippen molar-refractivity contribution in [1.82, 2.24) is 14.6 Å². The molecular formula is C13H12N4OS. The molecule has 2 heterocycles. The molecule has 3 aromatic rings. The van der Waals surface area contributed by atoms with Crippen LogP contribution in [0.25, 0.3) is 4.96 Å². The minimum Gasteiger partial charge on any atom is -0.320 e. The highest BCUT2D eigenvalue weighted by Crippen LogP contribution is 2.17. The van der Waals surface area contributed by atoms with Gasteiger partial charge < -0.3 is 5.32 Å².